The topological polar surface area (TPSA) is 17.1 Å². The van der Waals surface area contributed by atoms with Crippen LogP contribution in [0.15, 0.2) is 24.1 Å². The summed E-state index contributed by atoms with van der Waals surface area (Å²) in [6, 6.07) is 0. The summed E-state index contributed by atoms with van der Waals surface area (Å²) in [5.41, 5.74) is 0. The molecule has 1 aliphatic carbocycles. The third-order valence-electron chi connectivity index (χ3n) is 1.80. The molecule has 4 heteroatoms. The predicted molar refractivity (Wildman–Crippen MR) is 58.2 cm³/mol. The van der Waals surface area contributed by atoms with Crippen molar-refractivity contribution in [3.8, 4) is 0 Å². The maximum atomic E-state index is 12.5. The summed E-state index contributed by atoms with van der Waals surface area (Å²) in [5.74, 6) is -0.270. The average molecular weight is 237 g/mol. The largest absolute Gasteiger partial charge is 0.300 e. The summed E-state index contributed by atoms with van der Waals surface area (Å²) in [4.78, 5) is 10.2. The predicted octanol–water partition coefficient (Wildman–Crippen LogP) is 4.08. The fourth-order valence-corrected chi connectivity index (χ4v) is 1.08. The van der Waals surface area contributed by atoms with Crippen molar-refractivity contribution in [3.63, 3.8) is 0 Å². The Morgan fingerprint density at radius 3 is 2.27 bits per heavy atom. The van der Waals surface area contributed by atoms with Gasteiger partial charge in [-0.2, -0.15) is 0 Å². The van der Waals surface area contributed by atoms with E-state index in [-0.39, 0.29) is 6.42 Å². The van der Waals surface area contributed by atoms with Crippen LogP contribution < -0.4 is 0 Å². The van der Waals surface area contributed by atoms with E-state index >= 15 is 0 Å². The highest BCUT2D eigenvalue weighted by molar-refractivity contribution is 6.24. The average Bonchev–Trinajstić information content (AvgIpc) is 2.15. The maximum absolute atomic E-state index is 12.5. The van der Waals surface area contributed by atoms with Crippen molar-refractivity contribution in [2.45, 2.75) is 38.2 Å². The summed E-state index contributed by atoms with van der Waals surface area (Å²) in [7, 11) is 0. The molecule has 0 bridgehead atoms. The van der Waals surface area contributed by atoms with Crippen LogP contribution in [0.2, 0.25) is 0 Å². The minimum absolute atomic E-state index is 0.0436. The smallest absolute Gasteiger partial charge is 0.208 e. The van der Waals surface area contributed by atoms with Crippen LogP contribution in [0, 0.1) is 0 Å². The summed E-state index contributed by atoms with van der Waals surface area (Å²) in [6.45, 7) is 3.76. The summed E-state index contributed by atoms with van der Waals surface area (Å²) in [5, 5.41) is -2.00. The molecule has 0 aliphatic heterocycles. The Balaban J connectivity index is 0.000000288. The Hall–Kier alpha value is -0.700. The van der Waals surface area contributed by atoms with Crippen LogP contribution in [0.4, 0.5) is 8.78 Å². The van der Waals surface area contributed by atoms with Gasteiger partial charge in [0.25, 0.3) is 0 Å². The first kappa shape index (κ1) is 14.3. The zero-order valence-electron chi connectivity index (χ0n) is 8.90. The van der Waals surface area contributed by atoms with Gasteiger partial charge < -0.3 is 0 Å². The number of rotatable bonds is 2. The van der Waals surface area contributed by atoms with E-state index in [2.05, 4.69) is 0 Å². The van der Waals surface area contributed by atoms with Crippen molar-refractivity contribution in [2.24, 2.45) is 0 Å². The number of halogens is 3. The van der Waals surface area contributed by atoms with E-state index in [9.17, 15) is 13.6 Å². The zero-order valence-corrected chi connectivity index (χ0v) is 9.65. The van der Waals surface area contributed by atoms with E-state index in [0.717, 1.165) is 6.08 Å². The van der Waals surface area contributed by atoms with Crippen LogP contribution in [0.3, 0.4) is 0 Å². The second-order valence-electron chi connectivity index (χ2n) is 3.14. The molecular formula is C11H15ClF2O. The van der Waals surface area contributed by atoms with E-state index < -0.39 is 11.0 Å². The monoisotopic (exact) mass is 236 g/mol. The van der Waals surface area contributed by atoms with E-state index in [1.165, 1.54) is 12.2 Å². The zero-order chi connectivity index (χ0) is 11.9. The van der Waals surface area contributed by atoms with E-state index in [4.69, 9.17) is 11.6 Å². The van der Waals surface area contributed by atoms with Crippen LogP contribution in [0.25, 0.3) is 0 Å². The molecule has 0 radical (unpaired) electrons. The third-order valence-corrected chi connectivity index (χ3v) is 2.07. The first-order chi connectivity index (χ1) is 6.91. The number of alkyl halides is 2. The first-order valence-electron chi connectivity index (χ1n) is 4.85. The Kier molecular flexibility index (Phi) is 6.41. The first-order valence-corrected chi connectivity index (χ1v) is 5.23. The van der Waals surface area contributed by atoms with Crippen LogP contribution in [-0.4, -0.2) is 10.9 Å². The molecule has 0 amide bonds. The van der Waals surface area contributed by atoms with Crippen LogP contribution in [0.1, 0.15) is 33.1 Å². The lowest BCUT2D eigenvalue weighted by molar-refractivity contribution is -0.118. The van der Waals surface area contributed by atoms with Crippen LogP contribution >= 0.6 is 11.6 Å². The van der Waals surface area contributed by atoms with Crippen molar-refractivity contribution in [2.75, 3.05) is 0 Å². The number of carbonyl (C=O) groups excluding carboxylic acids is 1. The number of ketones is 1. The molecule has 0 saturated carbocycles. The lowest BCUT2D eigenvalue weighted by Crippen LogP contribution is -2.11. The van der Waals surface area contributed by atoms with Gasteiger partial charge in [-0.05, 0) is 6.08 Å². The normalized spacial score (nSPS) is 23.9. The van der Waals surface area contributed by atoms with Gasteiger partial charge in [0.05, 0.1) is 0 Å². The maximum Gasteiger partial charge on any atom is 0.208 e. The third kappa shape index (κ3) is 7.25. The molecule has 0 spiro atoms. The van der Waals surface area contributed by atoms with E-state index in [1.54, 1.807) is 0 Å². The lowest BCUT2D eigenvalue weighted by atomic mass is 10.1. The van der Waals surface area contributed by atoms with Crippen molar-refractivity contribution < 1.29 is 13.6 Å². The summed E-state index contributed by atoms with van der Waals surface area (Å²) < 4.78 is 24.6. The fourth-order valence-electron chi connectivity index (χ4n) is 0.887. The number of hydrogen-bond acceptors (Lipinski definition) is 1. The number of carbonyl (C=O) groups is 1. The minimum Gasteiger partial charge on any atom is -0.300 e. The van der Waals surface area contributed by atoms with Crippen LogP contribution in [-0.2, 0) is 4.79 Å². The molecule has 0 fully saturated rings. The highest BCUT2D eigenvalue weighted by atomic mass is 35.5. The highest BCUT2D eigenvalue weighted by Gasteiger charge is 2.24. The second-order valence-corrected chi connectivity index (χ2v) is 3.77. The Bertz CT molecular complexity index is 264. The van der Waals surface area contributed by atoms with Crippen molar-refractivity contribution in [1.82, 2.24) is 0 Å². The number of Topliss-reactive ketones (excluding diaryl/α,β-unsaturated/α-hetero) is 1. The van der Waals surface area contributed by atoms with Crippen LogP contribution in [0.5, 0.6) is 0 Å². The molecule has 1 nitrogen and oxygen atoms in total. The molecule has 0 saturated heterocycles. The molecule has 0 N–H and O–H groups in total. The van der Waals surface area contributed by atoms with E-state index in [1.807, 2.05) is 13.8 Å². The Morgan fingerprint density at radius 1 is 1.53 bits per heavy atom. The molecule has 0 aromatic rings. The molecule has 1 atom stereocenters. The highest BCUT2D eigenvalue weighted by Crippen LogP contribution is 2.29. The van der Waals surface area contributed by atoms with Gasteiger partial charge in [-0.15, -0.1) is 0 Å². The molecule has 0 aromatic heterocycles. The molecule has 86 valence electrons. The van der Waals surface area contributed by atoms with Gasteiger partial charge in [0.15, 0.2) is 0 Å². The summed E-state index contributed by atoms with van der Waals surface area (Å²) >= 11 is 5.13. The molecule has 1 aliphatic rings. The molecular weight excluding hydrogens is 222 g/mol. The van der Waals surface area contributed by atoms with Gasteiger partial charge in [-0.3, -0.25) is 4.79 Å². The Morgan fingerprint density at radius 2 is 2.07 bits per heavy atom. The molecule has 15 heavy (non-hydrogen) atoms. The SMILES string of the molecule is CCC(=O)CC.FC1=CC(F)(Cl)CC=C1. The van der Waals surface area contributed by atoms with Gasteiger partial charge >= 0.3 is 0 Å². The van der Waals surface area contributed by atoms with Gasteiger partial charge in [0, 0.05) is 25.3 Å². The Labute approximate surface area is 93.8 Å². The van der Waals surface area contributed by atoms with Crippen molar-refractivity contribution in [1.29, 1.82) is 0 Å². The molecule has 1 rings (SSSR count). The van der Waals surface area contributed by atoms with Gasteiger partial charge in [0.1, 0.15) is 11.6 Å². The fraction of sp³-hybridized carbons (Fsp3) is 0.545. The second kappa shape index (κ2) is 6.72. The lowest BCUT2D eigenvalue weighted by Gasteiger charge is -2.12. The van der Waals surface area contributed by atoms with Gasteiger partial charge in [0.2, 0.25) is 5.13 Å². The molecule has 0 aromatic carbocycles. The quantitative estimate of drug-likeness (QED) is 0.661. The van der Waals surface area contributed by atoms with Gasteiger partial charge in [-0.1, -0.05) is 31.5 Å². The molecule has 0 heterocycles. The van der Waals surface area contributed by atoms with E-state index in [0.29, 0.717) is 18.6 Å². The standard InChI is InChI=1S/C6H5ClF2.C5H10O/c7-6(9)3-1-2-5(8)4-6;1-3-5(6)4-2/h1-2,4H,3H2;3-4H2,1-2H3. The van der Waals surface area contributed by atoms with Crippen molar-refractivity contribution >= 4 is 17.4 Å². The number of allylic oxidation sites excluding steroid dienone is 4. The number of hydrogen-bond donors (Lipinski definition) is 0. The van der Waals surface area contributed by atoms with Crippen molar-refractivity contribution in [3.05, 3.63) is 24.1 Å². The minimum atomic E-state index is -2.00. The summed E-state index contributed by atoms with van der Waals surface area (Å²) in [6.07, 6.45) is 4.74. The van der Waals surface area contributed by atoms with Gasteiger partial charge in [-0.25, -0.2) is 8.78 Å². The molecule has 1 unspecified atom stereocenters.